The number of carboxylic acid groups (broad SMARTS) is 1. The summed E-state index contributed by atoms with van der Waals surface area (Å²) in [4.78, 5) is 16.7. The number of sulfonamides is 1. The van der Waals surface area contributed by atoms with E-state index in [1.165, 1.54) is 12.3 Å². The first kappa shape index (κ1) is 19.4. The van der Waals surface area contributed by atoms with Gasteiger partial charge in [-0.2, -0.15) is 0 Å². The molecule has 0 spiro atoms. The number of aromatic nitrogens is 1. The number of nitrogens with one attached hydrogen (secondary N) is 1. The van der Waals surface area contributed by atoms with Crippen LogP contribution in [-0.4, -0.2) is 43.6 Å². The Balaban J connectivity index is 2.95. The van der Waals surface area contributed by atoms with Crippen molar-refractivity contribution in [3.8, 4) is 0 Å². The van der Waals surface area contributed by atoms with Gasteiger partial charge in [0, 0.05) is 18.8 Å². The molecule has 2 N–H and O–H groups in total. The molecule has 0 saturated heterocycles. The fraction of sp³-hybridized carbons (Fsp3) is 0.600. The van der Waals surface area contributed by atoms with E-state index in [0.717, 1.165) is 6.42 Å². The zero-order chi connectivity index (χ0) is 17.5. The predicted molar refractivity (Wildman–Crippen MR) is 89.1 cm³/mol. The lowest BCUT2D eigenvalue weighted by molar-refractivity contribution is -0.135. The quantitative estimate of drug-likeness (QED) is 0.672. The molecule has 7 nitrogen and oxygen atoms in total. The van der Waals surface area contributed by atoms with Crippen LogP contribution in [0.2, 0.25) is 0 Å². The van der Waals surface area contributed by atoms with Crippen LogP contribution < -0.4 is 9.62 Å². The number of nitrogens with zero attached hydrogens (tertiary/aromatic N) is 2. The van der Waals surface area contributed by atoms with Crippen LogP contribution >= 0.6 is 0 Å². The monoisotopic (exact) mass is 343 g/mol. The third-order valence-corrected chi connectivity index (χ3v) is 4.99. The third-order valence-electron chi connectivity index (χ3n) is 3.48. The molecular formula is C15H25N3O4S. The number of hydrogen-bond donors (Lipinski definition) is 2. The predicted octanol–water partition coefficient (Wildman–Crippen LogP) is 1.85. The highest BCUT2D eigenvalue weighted by Gasteiger charge is 2.19. The third kappa shape index (κ3) is 5.80. The molecule has 0 saturated carbocycles. The van der Waals surface area contributed by atoms with Crippen LogP contribution in [0.3, 0.4) is 0 Å². The van der Waals surface area contributed by atoms with E-state index in [4.69, 9.17) is 5.11 Å². The molecule has 1 heterocycles. The van der Waals surface area contributed by atoms with Gasteiger partial charge in [-0.05, 0) is 31.4 Å². The van der Waals surface area contributed by atoms with Gasteiger partial charge in [0.05, 0.1) is 0 Å². The van der Waals surface area contributed by atoms with E-state index in [2.05, 4.69) is 9.71 Å². The maximum absolute atomic E-state index is 12.3. The lowest BCUT2D eigenvalue weighted by atomic mass is 10.2. The highest BCUT2D eigenvalue weighted by molar-refractivity contribution is 7.89. The highest BCUT2D eigenvalue weighted by Crippen LogP contribution is 2.16. The van der Waals surface area contributed by atoms with Gasteiger partial charge in [-0.25, -0.2) is 18.1 Å². The molecule has 23 heavy (non-hydrogen) atoms. The fourth-order valence-corrected chi connectivity index (χ4v) is 3.52. The molecule has 130 valence electrons. The Morgan fingerprint density at radius 1 is 1.30 bits per heavy atom. The van der Waals surface area contributed by atoms with E-state index < -0.39 is 16.0 Å². The Kier molecular flexibility index (Phi) is 7.44. The van der Waals surface area contributed by atoms with Gasteiger partial charge in [0.2, 0.25) is 10.0 Å². The largest absolute Gasteiger partial charge is 0.480 e. The van der Waals surface area contributed by atoms with Crippen molar-refractivity contribution in [2.24, 2.45) is 0 Å². The number of rotatable bonds is 10. The average molecular weight is 343 g/mol. The lowest BCUT2D eigenvalue weighted by Gasteiger charge is -2.21. The summed E-state index contributed by atoms with van der Waals surface area (Å²) < 4.78 is 27.2. The number of pyridine rings is 1. The highest BCUT2D eigenvalue weighted by atomic mass is 32.2. The van der Waals surface area contributed by atoms with Crippen LogP contribution in [0.4, 0.5) is 5.82 Å². The van der Waals surface area contributed by atoms with Gasteiger partial charge in [-0.3, -0.25) is 4.79 Å². The number of anilines is 1. The molecule has 0 aliphatic rings. The minimum atomic E-state index is -3.61. The molecule has 0 aromatic carbocycles. The van der Waals surface area contributed by atoms with Crippen LogP contribution in [0.25, 0.3) is 0 Å². The van der Waals surface area contributed by atoms with E-state index in [9.17, 15) is 13.2 Å². The molecule has 0 radical (unpaired) electrons. The second kappa shape index (κ2) is 8.83. The van der Waals surface area contributed by atoms with E-state index in [-0.39, 0.29) is 17.5 Å². The molecule has 0 aliphatic heterocycles. The summed E-state index contributed by atoms with van der Waals surface area (Å²) in [5, 5.41) is 8.93. The van der Waals surface area contributed by atoms with Crippen molar-refractivity contribution in [2.75, 3.05) is 18.0 Å². The second-order valence-electron chi connectivity index (χ2n) is 5.30. The van der Waals surface area contributed by atoms with Gasteiger partial charge in [0.1, 0.15) is 17.3 Å². The number of aliphatic carboxylic acids is 1. The van der Waals surface area contributed by atoms with Crippen molar-refractivity contribution < 1.29 is 18.3 Å². The Morgan fingerprint density at radius 3 is 2.39 bits per heavy atom. The fourth-order valence-electron chi connectivity index (χ4n) is 2.17. The molecule has 1 aromatic heterocycles. The maximum Gasteiger partial charge on any atom is 0.323 e. The second-order valence-corrected chi connectivity index (χ2v) is 7.02. The van der Waals surface area contributed by atoms with Crippen molar-refractivity contribution in [2.45, 2.75) is 51.0 Å². The molecule has 0 aliphatic carbocycles. The molecule has 0 bridgehead atoms. The van der Waals surface area contributed by atoms with Crippen molar-refractivity contribution >= 4 is 21.8 Å². The molecule has 0 amide bonds. The molecule has 8 heteroatoms. The number of hydrogen-bond acceptors (Lipinski definition) is 5. The van der Waals surface area contributed by atoms with Crippen LogP contribution in [0.1, 0.15) is 40.0 Å². The average Bonchev–Trinajstić information content (AvgIpc) is 2.52. The Hall–Kier alpha value is -1.67. The van der Waals surface area contributed by atoms with Gasteiger partial charge in [0.15, 0.2) is 0 Å². The zero-order valence-electron chi connectivity index (χ0n) is 13.8. The van der Waals surface area contributed by atoms with Crippen molar-refractivity contribution in [3.05, 3.63) is 18.3 Å². The topological polar surface area (TPSA) is 99.6 Å². The molecule has 0 atom stereocenters. The summed E-state index contributed by atoms with van der Waals surface area (Å²) in [5.74, 6) is -0.497. The van der Waals surface area contributed by atoms with Crippen LogP contribution in [0.5, 0.6) is 0 Å². The van der Waals surface area contributed by atoms with E-state index >= 15 is 0 Å². The molecule has 1 rings (SSSR count). The maximum atomic E-state index is 12.3. The Labute approximate surface area is 137 Å². The zero-order valence-corrected chi connectivity index (χ0v) is 14.6. The minimum Gasteiger partial charge on any atom is -0.480 e. The summed E-state index contributed by atoms with van der Waals surface area (Å²) in [6.45, 7) is 6.16. The van der Waals surface area contributed by atoms with E-state index in [1.807, 2.05) is 20.8 Å². The SMILES string of the molecule is CCCN(CC(=O)O)c1ccc(S(=O)(=O)NC(CC)CC)cn1. The van der Waals surface area contributed by atoms with E-state index in [1.54, 1.807) is 11.0 Å². The standard InChI is InChI=1S/C15H25N3O4S/c1-4-9-18(11-15(19)20)14-8-7-13(10-16-14)23(21,22)17-12(5-2)6-3/h7-8,10,12,17H,4-6,9,11H2,1-3H3,(H,19,20). The first-order chi connectivity index (χ1) is 10.8. The van der Waals surface area contributed by atoms with Crippen LogP contribution in [-0.2, 0) is 14.8 Å². The summed E-state index contributed by atoms with van der Waals surface area (Å²) in [6, 6.07) is 2.89. The molecule has 0 fully saturated rings. The minimum absolute atomic E-state index is 0.0833. The summed E-state index contributed by atoms with van der Waals surface area (Å²) in [6.07, 6.45) is 3.46. The number of carbonyl (C=O) groups is 1. The first-order valence-corrected chi connectivity index (χ1v) is 9.27. The normalized spacial score (nSPS) is 11.7. The summed E-state index contributed by atoms with van der Waals surface area (Å²) >= 11 is 0. The van der Waals surface area contributed by atoms with Gasteiger partial charge < -0.3 is 10.0 Å². The van der Waals surface area contributed by atoms with Gasteiger partial charge >= 0.3 is 5.97 Å². The molecule has 0 unspecified atom stereocenters. The van der Waals surface area contributed by atoms with Gasteiger partial charge in [-0.15, -0.1) is 0 Å². The van der Waals surface area contributed by atoms with Gasteiger partial charge in [-0.1, -0.05) is 20.8 Å². The summed E-state index contributed by atoms with van der Waals surface area (Å²) in [5.41, 5.74) is 0. The first-order valence-electron chi connectivity index (χ1n) is 7.79. The van der Waals surface area contributed by atoms with E-state index in [0.29, 0.717) is 25.2 Å². The summed E-state index contributed by atoms with van der Waals surface area (Å²) in [7, 11) is -3.61. The van der Waals surface area contributed by atoms with Crippen molar-refractivity contribution in [1.29, 1.82) is 0 Å². The van der Waals surface area contributed by atoms with Gasteiger partial charge in [0.25, 0.3) is 0 Å². The van der Waals surface area contributed by atoms with Crippen LogP contribution in [0.15, 0.2) is 23.2 Å². The molecule has 1 aromatic rings. The van der Waals surface area contributed by atoms with Crippen molar-refractivity contribution in [1.82, 2.24) is 9.71 Å². The Morgan fingerprint density at radius 2 is 1.96 bits per heavy atom. The smallest absolute Gasteiger partial charge is 0.323 e. The lowest BCUT2D eigenvalue weighted by Crippen LogP contribution is -2.34. The van der Waals surface area contributed by atoms with Crippen LogP contribution in [0, 0.1) is 0 Å². The van der Waals surface area contributed by atoms with Crippen molar-refractivity contribution in [3.63, 3.8) is 0 Å². The Bertz CT molecular complexity index is 598. The number of carboxylic acids is 1. The molecular weight excluding hydrogens is 318 g/mol.